The van der Waals surface area contributed by atoms with Gasteiger partial charge in [0.1, 0.15) is 6.10 Å². The van der Waals surface area contributed by atoms with E-state index in [1.807, 2.05) is 6.08 Å². The second-order valence-corrected chi connectivity index (χ2v) is 4.26. The summed E-state index contributed by atoms with van der Waals surface area (Å²) >= 11 is 0. The van der Waals surface area contributed by atoms with E-state index in [1.165, 1.54) is 12.5 Å². The molecule has 0 heterocycles. The first-order valence-corrected chi connectivity index (χ1v) is 5.57. The monoisotopic (exact) mass is 208 g/mol. The molecule has 0 saturated heterocycles. The third-order valence-electron chi connectivity index (χ3n) is 2.92. The molecule has 0 bridgehead atoms. The van der Waals surface area contributed by atoms with Crippen molar-refractivity contribution in [3.63, 3.8) is 0 Å². The van der Waals surface area contributed by atoms with Gasteiger partial charge in [-0.3, -0.25) is 4.79 Å². The average Bonchev–Trinajstić information content (AvgIpc) is 2.17. The van der Waals surface area contributed by atoms with Crippen molar-refractivity contribution in [2.75, 3.05) is 0 Å². The van der Waals surface area contributed by atoms with Crippen LogP contribution in [0.2, 0.25) is 0 Å². The first kappa shape index (κ1) is 12.0. The molecule has 0 aromatic heterocycles. The Kier molecular flexibility index (Phi) is 4.60. The SMILES string of the molecule is C=CCC(OC(C)=O)C1CC=C(C)CC1. The minimum atomic E-state index is -0.187. The van der Waals surface area contributed by atoms with Crippen LogP contribution in [0.1, 0.15) is 39.5 Å². The largest absolute Gasteiger partial charge is 0.462 e. The summed E-state index contributed by atoms with van der Waals surface area (Å²) in [4.78, 5) is 11.0. The molecule has 84 valence electrons. The maximum Gasteiger partial charge on any atom is 0.302 e. The summed E-state index contributed by atoms with van der Waals surface area (Å²) in [5.41, 5.74) is 1.45. The van der Waals surface area contributed by atoms with Gasteiger partial charge in [0.15, 0.2) is 0 Å². The number of hydrogen-bond donors (Lipinski definition) is 0. The fourth-order valence-electron chi connectivity index (χ4n) is 2.04. The molecule has 1 rings (SSSR count). The van der Waals surface area contributed by atoms with Crippen LogP contribution in [0.25, 0.3) is 0 Å². The highest BCUT2D eigenvalue weighted by Gasteiger charge is 2.24. The predicted molar refractivity (Wildman–Crippen MR) is 61.5 cm³/mol. The number of carbonyl (C=O) groups is 1. The van der Waals surface area contributed by atoms with Crippen LogP contribution in [-0.2, 0) is 9.53 Å². The summed E-state index contributed by atoms with van der Waals surface area (Å²) in [6, 6.07) is 0. The average molecular weight is 208 g/mol. The van der Waals surface area contributed by atoms with E-state index >= 15 is 0 Å². The first-order chi connectivity index (χ1) is 7.13. The summed E-state index contributed by atoms with van der Waals surface area (Å²) in [5, 5.41) is 0. The lowest BCUT2D eigenvalue weighted by atomic mass is 9.85. The molecule has 0 amide bonds. The van der Waals surface area contributed by atoms with Crippen LogP contribution in [0.3, 0.4) is 0 Å². The zero-order valence-corrected chi connectivity index (χ0v) is 9.66. The molecule has 2 nitrogen and oxygen atoms in total. The maximum absolute atomic E-state index is 11.0. The lowest BCUT2D eigenvalue weighted by Crippen LogP contribution is -2.26. The molecule has 1 aliphatic rings. The minimum Gasteiger partial charge on any atom is -0.462 e. The van der Waals surface area contributed by atoms with Crippen molar-refractivity contribution in [2.24, 2.45) is 5.92 Å². The Morgan fingerprint density at radius 2 is 2.53 bits per heavy atom. The standard InChI is InChI=1S/C13H20O2/c1-4-5-13(15-11(3)14)12-8-6-10(2)7-9-12/h4,6,12-13H,1,5,7-9H2,2-3H3. The molecule has 1 aliphatic carbocycles. The van der Waals surface area contributed by atoms with E-state index in [0.29, 0.717) is 5.92 Å². The fourth-order valence-corrected chi connectivity index (χ4v) is 2.04. The topological polar surface area (TPSA) is 26.3 Å². The van der Waals surface area contributed by atoms with E-state index < -0.39 is 0 Å². The van der Waals surface area contributed by atoms with Gasteiger partial charge >= 0.3 is 5.97 Å². The lowest BCUT2D eigenvalue weighted by molar-refractivity contribution is -0.149. The highest BCUT2D eigenvalue weighted by Crippen LogP contribution is 2.29. The van der Waals surface area contributed by atoms with Gasteiger partial charge in [0.2, 0.25) is 0 Å². The molecular weight excluding hydrogens is 188 g/mol. The zero-order chi connectivity index (χ0) is 11.3. The van der Waals surface area contributed by atoms with Crippen molar-refractivity contribution in [3.05, 3.63) is 24.3 Å². The molecule has 0 fully saturated rings. The normalized spacial score (nSPS) is 22.8. The number of carbonyl (C=O) groups excluding carboxylic acids is 1. The molecule has 0 saturated carbocycles. The van der Waals surface area contributed by atoms with Gasteiger partial charge in [-0.25, -0.2) is 0 Å². The molecule has 0 aromatic carbocycles. The lowest BCUT2D eigenvalue weighted by Gasteiger charge is -2.28. The highest BCUT2D eigenvalue weighted by molar-refractivity contribution is 5.66. The number of allylic oxidation sites excluding steroid dienone is 2. The van der Waals surface area contributed by atoms with Crippen LogP contribution in [0.15, 0.2) is 24.3 Å². The van der Waals surface area contributed by atoms with Gasteiger partial charge in [-0.15, -0.1) is 6.58 Å². The van der Waals surface area contributed by atoms with Crippen LogP contribution in [0.5, 0.6) is 0 Å². The Bertz CT molecular complexity index is 266. The van der Waals surface area contributed by atoms with E-state index in [-0.39, 0.29) is 12.1 Å². The summed E-state index contributed by atoms with van der Waals surface area (Å²) in [7, 11) is 0. The minimum absolute atomic E-state index is 0.0179. The molecule has 0 aromatic rings. The second kappa shape index (κ2) is 5.74. The zero-order valence-electron chi connectivity index (χ0n) is 9.66. The number of esters is 1. The molecule has 0 radical (unpaired) electrons. The Morgan fingerprint density at radius 1 is 1.80 bits per heavy atom. The molecule has 2 heteroatoms. The van der Waals surface area contributed by atoms with E-state index in [9.17, 15) is 4.79 Å². The van der Waals surface area contributed by atoms with Crippen molar-refractivity contribution in [1.82, 2.24) is 0 Å². The number of hydrogen-bond acceptors (Lipinski definition) is 2. The smallest absolute Gasteiger partial charge is 0.302 e. The second-order valence-electron chi connectivity index (χ2n) is 4.26. The van der Waals surface area contributed by atoms with Crippen LogP contribution in [0, 0.1) is 5.92 Å². The molecule has 2 atom stereocenters. The first-order valence-electron chi connectivity index (χ1n) is 5.57. The van der Waals surface area contributed by atoms with Crippen molar-refractivity contribution in [1.29, 1.82) is 0 Å². The van der Waals surface area contributed by atoms with Gasteiger partial charge in [0.05, 0.1) is 0 Å². The van der Waals surface area contributed by atoms with Gasteiger partial charge in [-0.2, -0.15) is 0 Å². The van der Waals surface area contributed by atoms with Gasteiger partial charge in [-0.05, 0) is 26.2 Å². The Labute approximate surface area is 92.0 Å². The van der Waals surface area contributed by atoms with Gasteiger partial charge < -0.3 is 4.74 Å². The summed E-state index contributed by atoms with van der Waals surface area (Å²) in [6.45, 7) is 7.34. The summed E-state index contributed by atoms with van der Waals surface area (Å²) < 4.78 is 5.33. The Balaban J connectivity index is 2.55. The van der Waals surface area contributed by atoms with Crippen LogP contribution >= 0.6 is 0 Å². The third-order valence-corrected chi connectivity index (χ3v) is 2.92. The van der Waals surface area contributed by atoms with Crippen LogP contribution in [-0.4, -0.2) is 12.1 Å². The molecule has 0 aliphatic heterocycles. The Hall–Kier alpha value is -1.05. The molecule has 0 spiro atoms. The molecular formula is C13H20O2. The summed E-state index contributed by atoms with van der Waals surface area (Å²) in [6.07, 6.45) is 8.14. The summed E-state index contributed by atoms with van der Waals surface area (Å²) in [5.74, 6) is 0.281. The van der Waals surface area contributed by atoms with Gasteiger partial charge in [0.25, 0.3) is 0 Å². The van der Waals surface area contributed by atoms with Gasteiger partial charge in [0, 0.05) is 19.3 Å². The maximum atomic E-state index is 11.0. The molecule has 0 N–H and O–H groups in total. The van der Waals surface area contributed by atoms with Crippen molar-refractivity contribution in [3.8, 4) is 0 Å². The third kappa shape index (κ3) is 3.90. The van der Waals surface area contributed by atoms with Crippen molar-refractivity contribution >= 4 is 5.97 Å². The van der Waals surface area contributed by atoms with E-state index in [2.05, 4.69) is 19.6 Å². The number of rotatable bonds is 4. The van der Waals surface area contributed by atoms with E-state index in [1.54, 1.807) is 0 Å². The van der Waals surface area contributed by atoms with Gasteiger partial charge in [-0.1, -0.05) is 17.7 Å². The Morgan fingerprint density at radius 3 is 3.00 bits per heavy atom. The van der Waals surface area contributed by atoms with Crippen LogP contribution < -0.4 is 0 Å². The predicted octanol–water partition coefficient (Wildman–Crippen LogP) is 3.24. The molecule has 2 unspecified atom stereocenters. The highest BCUT2D eigenvalue weighted by atomic mass is 16.5. The fraction of sp³-hybridized carbons (Fsp3) is 0.615. The molecule has 15 heavy (non-hydrogen) atoms. The van der Waals surface area contributed by atoms with E-state index in [4.69, 9.17) is 4.74 Å². The quantitative estimate of drug-likeness (QED) is 0.523. The number of ether oxygens (including phenoxy) is 1. The van der Waals surface area contributed by atoms with E-state index in [0.717, 1.165) is 25.7 Å². The van der Waals surface area contributed by atoms with Crippen molar-refractivity contribution in [2.45, 2.75) is 45.6 Å². The van der Waals surface area contributed by atoms with Crippen LogP contribution in [0.4, 0.5) is 0 Å². The van der Waals surface area contributed by atoms with Crippen molar-refractivity contribution < 1.29 is 9.53 Å².